The lowest BCUT2D eigenvalue weighted by atomic mass is 9.95. The second kappa shape index (κ2) is 3.40. The van der Waals surface area contributed by atoms with E-state index in [2.05, 4.69) is 0 Å². The normalized spacial score (nSPS) is 11.4. The van der Waals surface area contributed by atoms with E-state index >= 15 is 0 Å². The molecule has 0 saturated carbocycles. The van der Waals surface area contributed by atoms with Crippen LogP contribution >= 0.6 is 0 Å². The monoisotopic (exact) mass is 178 g/mol. The highest BCUT2D eigenvalue weighted by molar-refractivity contribution is 6.34. The molecule has 0 N–H and O–H groups in total. The molecule has 0 aliphatic heterocycles. The van der Waals surface area contributed by atoms with Crippen LogP contribution in [0, 0.1) is 5.82 Å². The van der Waals surface area contributed by atoms with Gasteiger partial charge in [-0.2, -0.15) is 0 Å². The van der Waals surface area contributed by atoms with Crippen LogP contribution in [-0.4, -0.2) is 13.4 Å². The van der Waals surface area contributed by atoms with Gasteiger partial charge < -0.3 is 4.74 Å². The van der Waals surface area contributed by atoms with Crippen LogP contribution in [0.1, 0.15) is 20.8 Å². The third-order valence-corrected chi connectivity index (χ3v) is 1.39. The van der Waals surface area contributed by atoms with Crippen molar-refractivity contribution in [2.45, 2.75) is 26.4 Å². The molecule has 2 radical (unpaired) electrons. The largest absolute Gasteiger partial charge is 0.489 e. The number of halogens is 1. The zero-order valence-corrected chi connectivity index (χ0v) is 8.10. The number of ether oxygens (including phenoxy) is 1. The first-order valence-corrected chi connectivity index (χ1v) is 4.12. The summed E-state index contributed by atoms with van der Waals surface area (Å²) < 4.78 is 18.2. The Kier molecular flexibility index (Phi) is 2.64. The SMILES string of the molecule is [B]c1ccc(F)cc1OC(C)(C)C. The first kappa shape index (κ1) is 10.1. The van der Waals surface area contributed by atoms with Crippen LogP contribution < -0.4 is 10.2 Å². The van der Waals surface area contributed by atoms with Gasteiger partial charge in [-0.1, -0.05) is 11.5 Å². The van der Waals surface area contributed by atoms with Crippen molar-refractivity contribution in [2.75, 3.05) is 0 Å². The number of benzene rings is 1. The van der Waals surface area contributed by atoms with Crippen molar-refractivity contribution < 1.29 is 9.13 Å². The van der Waals surface area contributed by atoms with Crippen LogP contribution in [0.4, 0.5) is 4.39 Å². The molecule has 13 heavy (non-hydrogen) atoms. The second-order valence-electron chi connectivity index (χ2n) is 3.90. The van der Waals surface area contributed by atoms with Gasteiger partial charge in [-0.15, -0.1) is 0 Å². The summed E-state index contributed by atoms with van der Waals surface area (Å²) in [6, 6.07) is 4.10. The third-order valence-electron chi connectivity index (χ3n) is 1.39. The van der Waals surface area contributed by atoms with E-state index < -0.39 is 0 Å². The molecule has 0 aromatic heterocycles. The Hall–Kier alpha value is -0.985. The fourth-order valence-electron chi connectivity index (χ4n) is 0.926. The van der Waals surface area contributed by atoms with Crippen LogP contribution in [0.2, 0.25) is 0 Å². The Morgan fingerprint density at radius 3 is 2.46 bits per heavy atom. The van der Waals surface area contributed by atoms with Gasteiger partial charge in [-0.05, 0) is 26.8 Å². The maximum absolute atomic E-state index is 12.8. The number of hydrogen-bond acceptors (Lipinski definition) is 1. The smallest absolute Gasteiger partial charge is 0.126 e. The van der Waals surface area contributed by atoms with Crippen LogP contribution in [0.5, 0.6) is 5.75 Å². The molecule has 1 rings (SSSR count). The van der Waals surface area contributed by atoms with E-state index in [1.165, 1.54) is 18.2 Å². The van der Waals surface area contributed by atoms with Crippen LogP contribution in [0.3, 0.4) is 0 Å². The molecule has 68 valence electrons. The average Bonchev–Trinajstić information content (AvgIpc) is 1.94. The molecule has 0 aliphatic rings. The van der Waals surface area contributed by atoms with E-state index in [1.54, 1.807) is 0 Å². The van der Waals surface area contributed by atoms with Crippen molar-refractivity contribution in [2.24, 2.45) is 0 Å². The maximum Gasteiger partial charge on any atom is 0.126 e. The average molecular weight is 178 g/mol. The Labute approximate surface area is 79.3 Å². The van der Waals surface area contributed by atoms with Crippen molar-refractivity contribution in [3.8, 4) is 5.75 Å². The van der Waals surface area contributed by atoms with E-state index in [4.69, 9.17) is 12.6 Å². The quantitative estimate of drug-likeness (QED) is 0.595. The van der Waals surface area contributed by atoms with Gasteiger partial charge in [-0.25, -0.2) is 4.39 Å². The second-order valence-corrected chi connectivity index (χ2v) is 3.90. The molecule has 0 bridgehead atoms. The van der Waals surface area contributed by atoms with Crippen molar-refractivity contribution in [1.82, 2.24) is 0 Å². The fourth-order valence-corrected chi connectivity index (χ4v) is 0.926. The van der Waals surface area contributed by atoms with Gasteiger partial charge in [0.05, 0.1) is 0 Å². The molecule has 0 amide bonds. The molecule has 3 heteroatoms. The van der Waals surface area contributed by atoms with E-state index in [0.717, 1.165) is 0 Å². The summed E-state index contributed by atoms with van der Waals surface area (Å²) in [5.74, 6) is 0.0564. The van der Waals surface area contributed by atoms with Crippen molar-refractivity contribution >= 4 is 13.3 Å². The molecular weight excluding hydrogens is 166 g/mol. The Morgan fingerprint density at radius 1 is 1.31 bits per heavy atom. The first-order chi connectivity index (χ1) is 5.88. The lowest BCUT2D eigenvalue weighted by molar-refractivity contribution is 0.132. The van der Waals surface area contributed by atoms with Crippen LogP contribution in [0.25, 0.3) is 0 Å². The lowest BCUT2D eigenvalue weighted by Gasteiger charge is -2.22. The molecule has 1 aromatic rings. The summed E-state index contributed by atoms with van der Waals surface area (Å²) in [7, 11) is 5.60. The van der Waals surface area contributed by atoms with E-state index in [-0.39, 0.29) is 11.4 Å². The molecule has 1 aromatic carbocycles. The summed E-state index contributed by atoms with van der Waals surface area (Å²) in [4.78, 5) is 0. The van der Waals surface area contributed by atoms with Crippen molar-refractivity contribution in [3.63, 3.8) is 0 Å². The summed E-state index contributed by atoms with van der Waals surface area (Å²) in [5, 5.41) is 0. The molecule has 0 unspecified atom stereocenters. The molecule has 0 atom stereocenters. The number of rotatable bonds is 1. The third kappa shape index (κ3) is 3.09. The predicted molar refractivity (Wildman–Crippen MR) is 52.2 cm³/mol. The topological polar surface area (TPSA) is 9.23 Å². The van der Waals surface area contributed by atoms with E-state index in [9.17, 15) is 4.39 Å². The minimum Gasteiger partial charge on any atom is -0.489 e. The predicted octanol–water partition coefficient (Wildman–Crippen LogP) is 1.80. The highest BCUT2D eigenvalue weighted by atomic mass is 19.1. The van der Waals surface area contributed by atoms with Crippen molar-refractivity contribution in [1.29, 1.82) is 0 Å². The van der Waals surface area contributed by atoms with Gasteiger partial charge in [0.2, 0.25) is 0 Å². The van der Waals surface area contributed by atoms with Crippen LogP contribution in [0.15, 0.2) is 18.2 Å². The maximum atomic E-state index is 12.8. The van der Waals surface area contributed by atoms with Gasteiger partial charge in [0.15, 0.2) is 0 Å². The van der Waals surface area contributed by atoms with Crippen molar-refractivity contribution in [3.05, 3.63) is 24.0 Å². The standard InChI is InChI=1S/C10H12BFO/c1-10(2,3)13-9-6-7(12)4-5-8(9)11/h4-6H,1-3H3. The molecule has 0 aliphatic carbocycles. The van der Waals surface area contributed by atoms with Crippen LogP contribution in [-0.2, 0) is 0 Å². The Morgan fingerprint density at radius 2 is 1.92 bits per heavy atom. The molecule has 0 heterocycles. The highest BCUT2D eigenvalue weighted by Gasteiger charge is 2.13. The zero-order valence-electron chi connectivity index (χ0n) is 8.10. The minimum atomic E-state index is -0.359. The van der Waals surface area contributed by atoms with E-state index in [0.29, 0.717) is 11.2 Å². The lowest BCUT2D eigenvalue weighted by Crippen LogP contribution is -2.26. The van der Waals surface area contributed by atoms with Gasteiger partial charge >= 0.3 is 0 Å². The number of hydrogen-bond donors (Lipinski definition) is 0. The summed E-state index contributed by atoms with van der Waals surface area (Å²) in [6.07, 6.45) is 0. The van der Waals surface area contributed by atoms with Gasteiger partial charge in [-0.3, -0.25) is 0 Å². The Balaban J connectivity index is 2.94. The molecule has 1 nitrogen and oxygen atoms in total. The molecule has 0 fully saturated rings. The van der Waals surface area contributed by atoms with Gasteiger partial charge in [0, 0.05) is 6.07 Å². The zero-order chi connectivity index (χ0) is 10.1. The Bertz CT molecular complexity index is 304. The molecular formula is C10H12BFO. The van der Waals surface area contributed by atoms with Gasteiger partial charge in [0.25, 0.3) is 0 Å². The molecule has 0 spiro atoms. The van der Waals surface area contributed by atoms with E-state index in [1.807, 2.05) is 20.8 Å². The van der Waals surface area contributed by atoms with Gasteiger partial charge in [0.1, 0.15) is 25.0 Å². The fraction of sp³-hybridized carbons (Fsp3) is 0.400. The highest BCUT2D eigenvalue weighted by Crippen LogP contribution is 2.16. The summed E-state index contributed by atoms with van der Waals surface area (Å²) in [6.45, 7) is 5.66. The summed E-state index contributed by atoms with van der Waals surface area (Å²) >= 11 is 0. The summed E-state index contributed by atoms with van der Waals surface area (Å²) in [5.41, 5.74) is 0.0957. The minimum absolute atomic E-state index is 0.339. The first-order valence-electron chi connectivity index (χ1n) is 4.12. The molecule has 0 saturated heterocycles.